The van der Waals surface area contributed by atoms with Crippen molar-refractivity contribution < 1.29 is 4.74 Å². The monoisotopic (exact) mass is 276 g/mol. The average molecular weight is 276 g/mol. The van der Waals surface area contributed by atoms with Crippen LogP contribution in [-0.4, -0.2) is 54.8 Å². The largest absolute Gasteiger partial charge is 0.396 e. The zero-order chi connectivity index (χ0) is 13.9. The van der Waals surface area contributed by atoms with Crippen LogP contribution in [-0.2, 0) is 4.74 Å². The number of rotatable bonds is 3. The zero-order valence-electron chi connectivity index (χ0n) is 12.2. The maximum atomic E-state index is 6.00. The Morgan fingerprint density at radius 2 is 2.10 bits per heavy atom. The number of aromatic nitrogens is 1. The van der Waals surface area contributed by atoms with Crippen molar-refractivity contribution in [1.29, 1.82) is 0 Å². The van der Waals surface area contributed by atoms with Crippen LogP contribution < -0.4 is 10.6 Å². The van der Waals surface area contributed by atoms with Crippen LogP contribution >= 0.6 is 0 Å². The van der Waals surface area contributed by atoms with E-state index in [2.05, 4.69) is 21.7 Å². The van der Waals surface area contributed by atoms with E-state index in [1.165, 1.54) is 12.8 Å². The summed E-state index contributed by atoms with van der Waals surface area (Å²) in [5.74, 6) is 0.929. The number of hydrogen-bond donors (Lipinski definition) is 1. The minimum Gasteiger partial charge on any atom is -0.396 e. The van der Waals surface area contributed by atoms with Gasteiger partial charge >= 0.3 is 0 Å². The van der Waals surface area contributed by atoms with E-state index in [1.54, 1.807) is 0 Å². The molecule has 2 N–H and O–H groups in total. The van der Waals surface area contributed by atoms with Crippen molar-refractivity contribution in [2.45, 2.75) is 32.0 Å². The molecular formula is C15H24N4O. The molecule has 0 radical (unpaired) electrons. The molecule has 110 valence electrons. The number of nitrogens with two attached hydrogens (primary N) is 1. The fourth-order valence-electron chi connectivity index (χ4n) is 3.12. The Labute approximate surface area is 120 Å². The smallest absolute Gasteiger partial charge is 0.151 e. The van der Waals surface area contributed by atoms with Crippen LogP contribution in [0.5, 0.6) is 0 Å². The van der Waals surface area contributed by atoms with Gasteiger partial charge in [0.15, 0.2) is 5.82 Å². The van der Waals surface area contributed by atoms with Gasteiger partial charge in [-0.25, -0.2) is 4.98 Å². The molecule has 0 amide bonds. The van der Waals surface area contributed by atoms with Crippen molar-refractivity contribution in [2.75, 3.05) is 43.4 Å². The van der Waals surface area contributed by atoms with Gasteiger partial charge in [0.25, 0.3) is 0 Å². The van der Waals surface area contributed by atoms with Gasteiger partial charge in [0.05, 0.1) is 17.9 Å². The summed E-state index contributed by atoms with van der Waals surface area (Å²) in [6.07, 6.45) is 5.08. The highest BCUT2D eigenvalue weighted by molar-refractivity contribution is 5.62. The third kappa shape index (κ3) is 3.04. The summed E-state index contributed by atoms with van der Waals surface area (Å²) in [4.78, 5) is 9.18. The fraction of sp³-hybridized carbons (Fsp3) is 0.667. The summed E-state index contributed by atoms with van der Waals surface area (Å²) < 4.78 is 5.91. The average Bonchev–Trinajstić information content (AvgIpc) is 2.86. The van der Waals surface area contributed by atoms with Gasteiger partial charge in [-0.3, -0.25) is 4.90 Å². The summed E-state index contributed by atoms with van der Waals surface area (Å²) in [6.45, 7) is 7.33. The zero-order valence-corrected chi connectivity index (χ0v) is 12.2. The van der Waals surface area contributed by atoms with E-state index < -0.39 is 0 Å². The van der Waals surface area contributed by atoms with Gasteiger partial charge in [-0.05, 0) is 31.9 Å². The second-order valence-corrected chi connectivity index (χ2v) is 5.85. The summed E-state index contributed by atoms with van der Waals surface area (Å²) in [6, 6.07) is 3.80. The molecule has 0 bridgehead atoms. The van der Waals surface area contributed by atoms with Crippen molar-refractivity contribution in [2.24, 2.45) is 0 Å². The molecule has 2 unspecified atom stereocenters. The van der Waals surface area contributed by atoms with Crippen LogP contribution in [0, 0.1) is 0 Å². The molecule has 20 heavy (non-hydrogen) atoms. The van der Waals surface area contributed by atoms with E-state index in [1.807, 2.05) is 18.3 Å². The number of ether oxygens (including phenoxy) is 1. The molecule has 2 fully saturated rings. The lowest BCUT2D eigenvalue weighted by atomic mass is 10.2. The van der Waals surface area contributed by atoms with Gasteiger partial charge in [0, 0.05) is 38.9 Å². The molecule has 0 spiro atoms. The molecule has 1 aromatic rings. The number of anilines is 2. The maximum absolute atomic E-state index is 6.00. The lowest BCUT2D eigenvalue weighted by Crippen LogP contribution is -2.49. The van der Waals surface area contributed by atoms with E-state index in [0.29, 0.717) is 12.2 Å². The third-order valence-corrected chi connectivity index (χ3v) is 4.27. The summed E-state index contributed by atoms with van der Waals surface area (Å²) in [5, 5.41) is 0. The van der Waals surface area contributed by atoms with Crippen molar-refractivity contribution >= 4 is 11.5 Å². The van der Waals surface area contributed by atoms with Crippen LogP contribution in [0.2, 0.25) is 0 Å². The molecule has 2 aliphatic heterocycles. The standard InChI is InChI=1S/C15H24N4O/c1-12-4-5-13(20-12)11-18-7-9-19(10-8-18)15-14(16)3-2-6-17-15/h2-3,6,12-13H,4-5,7-11,16H2,1H3. The Bertz CT molecular complexity index is 445. The lowest BCUT2D eigenvalue weighted by molar-refractivity contribution is 0.0303. The van der Waals surface area contributed by atoms with E-state index in [4.69, 9.17) is 10.5 Å². The molecule has 0 aromatic carbocycles. The highest BCUT2D eigenvalue weighted by Crippen LogP contribution is 2.23. The van der Waals surface area contributed by atoms with Crippen LogP contribution in [0.15, 0.2) is 18.3 Å². The minimum atomic E-state index is 0.427. The molecule has 2 saturated heterocycles. The Hall–Kier alpha value is -1.33. The van der Waals surface area contributed by atoms with E-state index in [9.17, 15) is 0 Å². The number of nitrogens with zero attached hydrogens (tertiary/aromatic N) is 3. The Morgan fingerprint density at radius 1 is 1.30 bits per heavy atom. The summed E-state index contributed by atoms with van der Waals surface area (Å²) in [5.41, 5.74) is 6.77. The first kappa shape index (κ1) is 13.6. The van der Waals surface area contributed by atoms with Crippen molar-refractivity contribution in [3.8, 4) is 0 Å². The molecule has 5 heteroatoms. The highest BCUT2D eigenvalue weighted by Gasteiger charge is 2.26. The number of piperazine rings is 1. The number of nitrogen functional groups attached to an aromatic ring is 1. The summed E-state index contributed by atoms with van der Waals surface area (Å²) in [7, 11) is 0. The molecule has 1 aromatic heterocycles. The van der Waals surface area contributed by atoms with E-state index in [-0.39, 0.29) is 0 Å². The van der Waals surface area contributed by atoms with Crippen molar-refractivity contribution in [1.82, 2.24) is 9.88 Å². The Kier molecular flexibility index (Phi) is 4.08. The van der Waals surface area contributed by atoms with Gasteiger partial charge < -0.3 is 15.4 Å². The second-order valence-electron chi connectivity index (χ2n) is 5.85. The normalized spacial score (nSPS) is 27.9. The quantitative estimate of drug-likeness (QED) is 0.903. The first-order chi connectivity index (χ1) is 9.72. The molecule has 3 rings (SSSR count). The van der Waals surface area contributed by atoms with E-state index in [0.717, 1.165) is 44.2 Å². The van der Waals surface area contributed by atoms with Gasteiger partial charge in [0.2, 0.25) is 0 Å². The number of pyridine rings is 1. The van der Waals surface area contributed by atoms with Crippen LogP contribution in [0.4, 0.5) is 11.5 Å². The van der Waals surface area contributed by atoms with Crippen molar-refractivity contribution in [3.63, 3.8) is 0 Å². The molecule has 2 atom stereocenters. The predicted octanol–water partition coefficient (Wildman–Crippen LogP) is 1.35. The maximum Gasteiger partial charge on any atom is 0.151 e. The first-order valence-electron chi connectivity index (χ1n) is 7.55. The Morgan fingerprint density at radius 3 is 2.75 bits per heavy atom. The molecule has 3 heterocycles. The van der Waals surface area contributed by atoms with Crippen molar-refractivity contribution in [3.05, 3.63) is 18.3 Å². The second kappa shape index (κ2) is 5.97. The predicted molar refractivity (Wildman–Crippen MR) is 80.9 cm³/mol. The lowest BCUT2D eigenvalue weighted by Gasteiger charge is -2.36. The van der Waals surface area contributed by atoms with Gasteiger partial charge in [-0.15, -0.1) is 0 Å². The fourth-order valence-corrected chi connectivity index (χ4v) is 3.12. The van der Waals surface area contributed by atoms with Crippen LogP contribution in [0.25, 0.3) is 0 Å². The number of hydrogen-bond acceptors (Lipinski definition) is 5. The molecule has 5 nitrogen and oxygen atoms in total. The van der Waals surface area contributed by atoms with Gasteiger partial charge in [-0.1, -0.05) is 0 Å². The first-order valence-corrected chi connectivity index (χ1v) is 7.55. The van der Waals surface area contributed by atoms with E-state index >= 15 is 0 Å². The highest BCUT2D eigenvalue weighted by atomic mass is 16.5. The SMILES string of the molecule is CC1CCC(CN2CCN(c3ncccc3N)CC2)O1. The molecule has 0 aliphatic carbocycles. The third-order valence-electron chi connectivity index (χ3n) is 4.27. The van der Waals surface area contributed by atoms with Crippen LogP contribution in [0.1, 0.15) is 19.8 Å². The summed E-state index contributed by atoms with van der Waals surface area (Å²) >= 11 is 0. The molecular weight excluding hydrogens is 252 g/mol. The minimum absolute atomic E-state index is 0.427. The topological polar surface area (TPSA) is 54.6 Å². The Balaban J connectivity index is 1.51. The molecule has 0 saturated carbocycles. The molecule has 2 aliphatic rings. The van der Waals surface area contributed by atoms with Gasteiger partial charge in [0.1, 0.15) is 0 Å². The van der Waals surface area contributed by atoms with Crippen LogP contribution in [0.3, 0.4) is 0 Å². The van der Waals surface area contributed by atoms with Gasteiger partial charge in [-0.2, -0.15) is 0 Å².